The van der Waals surface area contributed by atoms with Gasteiger partial charge in [-0.15, -0.1) is 10.2 Å². The molecule has 0 saturated heterocycles. The lowest BCUT2D eigenvalue weighted by Crippen LogP contribution is -2.29. The Labute approximate surface area is 452 Å². The van der Waals surface area contributed by atoms with Gasteiger partial charge < -0.3 is 39.4 Å². The van der Waals surface area contributed by atoms with Crippen molar-refractivity contribution in [3.63, 3.8) is 0 Å². The molecule has 3 aromatic rings. The van der Waals surface area contributed by atoms with E-state index in [9.17, 15) is 33.9 Å². The van der Waals surface area contributed by atoms with Gasteiger partial charge in [0.05, 0.1) is 45.6 Å². The molecule has 0 radical (unpaired) electrons. The average Bonchev–Trinajstić information content (AvgIpc) is 3.97. The van der Waals surface area contributed by atoms with Crippen molar-refractivity contribution in [3.8, 4) is 28.3 Å². The van der Waals surface area contributed by atoms with Crippen LogP contribution in [-0.4, -0.2) is 133 Å². The summed E-state index contributed by atoms with van der Waals surface area (Å²) in [6.45, 7) is 10.7. The summed E-state index contributed by atoms with van der Waals surface area (Å²) in [7, 11) is 0. The van der Waals surface area contributed by atoms with Gasteiger partial charge in [-0.1, -0.05) is 141 Å². The predicted molar refractivity (Wildman–Crippen MR) is 294 cm³/mol. The number of nitrogens with one attached hydrogen (secondary N) is 3. The van der Waals surface area contributed by atoms with Crippen molar-refractivity contribution in [2.45, 2.75) is 169 Å². The number of aromatic nitrogens is 4. The van der Waals surface area contributed by atoms with Gasteiger partial charge >= 0.3 is 5.97 Å². The summed E-state index contributed by atoms with van der Waals surface area (Å²) < 4.78 is 27.3. The molecule has 0 bridgehead atoms. The minimum atomic E-state index is -1.08. The lowest BCUT2D eigenvalue weighted by atomic mass is 9.96. The quantitative estimate of drug-likeness (QED) is 0.0384. The van der Waals surface area contributed by atoms with E-state index in [1.165, 1.54) is 82.6 Å². The van der Waals surface area contributed by atoms with Crippen molar-refractivity contribution in [2.75, 3.05) is 72.6 Å². The largest absolute Gasteiger partial charge is 0.494 e. The zero-order valence-electron chi connectivity index (χ0n) is 46.4. The number of carboxylic acid groups (broad SMARTS) is 1. The van der Waals surface area contributed by atoms with Crippen LogP contribution in [0.3, 0.4) is 0 Å². The molecule has 2 amide bonds. The molecule has 426 valence electrons. The van der Waals surface area contributed by atoms with Crippen molar-refractivity contribution < 1.29 is 57.6 Å². The smallest absolute Gasteiger partial charge is 0.306 e. The van der Waals surface area contributed by atoms with Gasteiger partial charge in [0.2, 0.25) is 17.6 Å². The number of ether oxygens (including phenoxy) is 5. The third-order valence-corrected chi connectivity index (χ3v) is 12.8. The highest BCUT2D eigenvalue weighted by atomic mass is 16.5. The monoisotopic (exact) mass is 1060 g/mol. The fourth-order valence-corrected chi connectivity index (χ4v) is 7.83. The lowest BCUT2D eigenvalue weighted by Gasteiger charge is -2.11. The van der Waals surface area contributed by atoms with E-state index in [-0.39, 0.29) is 107 Å². The SMILES string of the molecule is CCC(=O)CC(CCC(=O)NCCOCCOCC(=O)CCCOCCOCC(=O)NCCCC[C@H](C)C(C)=O)C(=O)O.CCCCCCCCCCCCCCCOc1ccc(-c2ccc(-c3nn[nH]n3)cc2)cc1. The molecule has 1 aromatic heterocycles. The van der Waals surface area contributed by atoms with Gasteiger partial charge in [0, 0.05) is 56.9 Å². The first-order valence-corrected chi connectivity index (χ1v) is 28.1. The Kier molecular flexibility index (Phi) is 39.2. The third kappa shape index (κ3) is 35.0. The average molecular weight is 1070 g/mol. The van der Waals surface area contributed by atoms with Crippen LogP contribution < -0.4 is 15.4 Å². The molecule has 0 saturated carbocycles. The highest BCUT2D eigenvalue weighted by Crippen LogP contribution is 2.25. The number of amides is 2. The molecular weight excluding hydrogens is 973 g/mol. The molecule has 18 nitrogen and oxygen atoms in total. The normalized spacial score (nSPS) is 11.8. The number of carbonyl (C=O) groups is 6. The number of nitrogens with zero attached hydrogens (tertiary/aromatic N) is 3. The number of rotatable bonds is 47. The number of unbranched alkanes of at least 4 members (excludes halogenated alkanes) is 13. The molecule has 76 heavy (non-hydrogen) atoms. The van der Waals surface area contributed by atoms with Crippen LogP contribution >= 0.6 is 0 Å². The number of aliphatic carboxylic acids is 1. The fraction of sp³-hybridized carbons (Fsp3) is 0.672. The summed E-state index contributed by atoms with van der Waals surface area (Å²) in [6.07, 6.45) is 21.5. The Morgan fingerprint density at radius 2 is 1.13 bits per heavy atom. The van der Waals surface area contributed by atoms with Crippen LogP contribution in [0.5, 0.6) is 5.75 Å². The van der Waals surface area contributed by atoms with Gasteiger partial charge in [0.15, 0.2) is 5.78 Å². The fourth-order valence-electron chi connectivity index (χ4n) is 7.83. The van der Waals surface area contributed by atoms with E-state index >= 15 is 0 Å². The maximum atomic E-state index is 11.9. The maximum Gasteiger partial charge on any atom is 0.306 e. The highest BCUT2D eigenvalue weighted by Gasteiger charge is 2.21. The van der Waals surface area contributed by atoms with Crippen LogP contribution in [0.25, 0.3) is 22.5 Å². The standard InChI is InChI=1S/C30H52N2O11.C28H40N4O/c1-4-26(34)20-25(30(38)39)10-11-28(36)32-13-15-41-17-18-42-21-27(35)9-7-14-40-16-19-43-22-29(37)31-12-6-5-8-23(2)24(3)33;1-2-3-4-5-6-7-8-9-10-11-12-13-14-23-33-27-21-19-25(20-22-27)24-15-17-26(18-16-24)28-29-31-32-30-28/h23,25H,4-22H2,1-3H3,(H,31,37)(H,32,36)(H,38,39);15-22H,2-14,23H2,1H3,(H,29,30,31,32)/t23-,25?;/m0./s1. The van der Waals surface area contributed by atoms with Crippen LogP contribution in [0.4, 0.5) is 0 Å². The van der Waals surface area contributed by atoms with Gasteiger partial charge in [-0.05, 0) is 67.5 Å². The number of carboxylic acids is 1. The number of benzene rings is 2. The molecule has 0 aliphatic heterocycles. The molecule has 0 aliphatic rings. The van der Waals surface area contributed by atoms with Gasteiger partial charge in [0.25, 0.3) is 0 Å². The minimum Gasteiger partial charge on any atom is -0.494 e. The predicted octanol–water partition coefficient (Wildman–Crippen LogP) is 9.88. The van der Waals surface area contributed by atoms with Gasteiger partial charge in [0.1, 0.15) is 30.5 Å². The molecule has 2 aromatic carbocycles. The zero-order chi connectivity index (χ0) is 55.3. The summed E-state index contributed by atoms with van der Waals surface area (Å²) in [6, 6.07) is 16.5. The Bertz CT molecular complexity index is 1980. The second kappa shape index (κ2) is 44.7. The number of hydrogen-bond acceptors (Lipinski definition) is 14. The summed E-state index contributed by atoms with van der Waals surface area (Å²) >= 11 is 0. The second-order valence-corrected chi connectivity index (χ2v) is 19.3. The van der Waals surface area contributed by atoms with E-state index < -0.39 is 11.9 Å². The van der Waals surface area contributed by atoms with E-state index in [1.54, 1.807) is 13.8 Å². The number of tetrazole rings is 1. The van der Waals surface area contributed by atoms with Crippen LogP contribution in [0.15, 0.2) is 48.5 Å². The Morgan fingerprint density at radius 3 is 1.72 bits per heavy atom. The topological polar surface area (TPSA) is 247 Å². The molecular formula is C58H92N6O12. The number of ketones is 3. The van der Waals surface area contributed by atoms with Crippen LogP contribution in [0.1, 0.15) is 169 Å². The lowest BCUT2D eigenvalue weighted by molar-refractivity contribution is -0.144. The van der Waals surface area contributed by atoms with Gasteiger partial charge in [-0.25, -0.2) is 0 Å². The Balaban J connectivity index is 0.000000536. The number of aromatic amines is 1. The van der Waals surface area contributed by atoms with E-state index in [0.29, 0.717) is 38.4 Å². The number of hydrogen-bond donors (Lipinski definition) is 4. The first-order valence-electron chi connectivity index (χ1n) is 28.1. The summed E-state index contributed by atoms with van der Waals surface area (Å²) in [4.78, 5) is 69.3. The molecule has 1 unspecified atom stereocenters. The van der Waals surface area contributed by atoms with Gasteiger partial charge in [-0.3, -0.25) is 28.8 Å². The summed E-state index contributed by atoms with van der Waals surface area (Å²) in [5.74, 6) is -0.829. The van der Waals surface area contributed by atoms with Gasteiger partial charge in [-0.2, -0.15) is 5.21 Å². The Hall–Kier alpha value is -5.43. The molecule has 0 fully saturated rings. The molecule has 18 heteroatoms. The molecule has 1 heterocycles. The molecule has 0 aliphatic carbocycles. The van der Waals surface area contributed by atoms with E-state index in [4.69, 9.17) is 23.7 Å². The van der Waals surface area contributed by atoms with E-state index in [1.807, 2.05) is 19.1 Å². The number of Topliss-reactive ketones (excluding diaryl/α,β-unsaturated/α-hetero) is 3. The maximum absolute atomic E-state index is 11.9. The van der Waals surface area contributed by atoms with Crippen molar-refractivity contribution >= 4 is 35.1 Å². The first kappa shape index (κ1) is 66.7. The zero-order valence-corrected chi connectivity index (χ0v) is 46.4. The van der Waals surface area contributed by atoms with E-state index in [0.717, 1.165) is 49.2 Å². The third-order valence-electron chi connectivity index (χ3n) is 12.8. The highest BCUT2D eigenvalue weighted by molar-refractivity contribution is 5.84. The van der Waals surface area contributed by atoms with Crippen molar-refractivity contribution in [1.82, 2.24) is 31.3 Å². The van der Waals surface area contributed by atoms with E-state index in [2.05, 4.69) is 74.6 Å². The van der Waals surface area contributed by atoms with Crippen molar-refractivity contribution in [3.05, 3.63) is 48.5 Å². The summed E-state index contributed by atoms with van der Waals surface area (Å²) in [5, 5.41) is 28.7. The first-order chi connectivity index (χ1) is 36.9. The van der Waals surface area contributed by atoms with Crippen LogP contribution in [-0.2, 0) is 47.7 Å². The number of carbonyl (C=O) groups excluding carboxylic acids is 5. The van der Waals surface area contributed by atoms with Crippen molar-refractivity contribution in [1.29, 1.82) is 0 Å². The second-order valence-electron chi connectivity index (χ2n) is 19.3. The summed E-state index contributed by atoms with van der Waals surface area (Å²) in [5.41, 5.74) is 3.28. The molecule has 4 N–H and O–H groups in total. The molecule has 3 rings (SSSR count). The Morgan fingerprint density at radius 1 is 0.566 bits per heavy atom. The molecule has 2 atom stereocenters. The molecule has 0 spiro atoms. The van der Waals surface area contributed by atoms with Crippen LogP contribution in [0.2, 0.25) is 0 Å². The van der Waals surface area contributed by atoms with Crippen molar-refractivity contribution in [2.24, 2.45) is 11.8 Å². The number of H-pyrrole nitrogens is 1. The van der Waals surface area contributed by atoms with Crippen LogP contribution in [0, 0.1) is 11.8 Å². The minimum absolute atomic E-state index is 0.0162.